The van der Waals surface area contributed by atoms with Crippen molar-refractivity contribution >= 4 is 12.1 Å². The summed E-state index contributed by atoms with van der Waals surface area (Å²) in [6.45, 7) is 0. The lowest BCUT2D eigenvalue weighted by Gasteiger charge is -2.18. The molecule has 11 heavy (non-hydrogen) atoms. The Morgan fingerprint density at radius 3 is 3.00 bits per heavy atom. The fraction of sp³-hybridized carbons (Fsp3) is 0.200. The minimum atomic E-state index is -0.679. The van der Waals surface area contributed by atoms with E-state index in [4.69, 9.17) is 5.73 Å². The smallest absolute Gasteiger partial charge is 0.320 e. The van der Waals surface area contributed by atoms with Crippen LogP contribution in [0.4, 0.5) is 9.59 Å². The van der Waals surface area contributed by atoms with Crippen LogP contribution in [0.2, 0.25) is 0 Å². The first-order valence-electron chi connectivity index (χ1n) is 2.98. The average Bonchev–Trinajstić information content (AvgIpc) is 1.85. The summed E-state index contributed by atoms with van der Waals surface area (Å²) in [6.07, 6.45) is 2.48. The number of amides is 4. The molecule has 1 aliphatic rings. The van der Waals surface area contributed by atoms with Gasteiger partial charge in [0.25, 0.3) is 0 Å². The van der Waals surface area contributed by atoms with E-state index in [1.54, 1.807) is 6.08 Å². The van der Waals surface area contributed by atoms with Crippen molar-refractivity contribution in [2.75, 3.05) is 0 Å². The second-order valence-electron chi connectivity index (χ2n) is 1.96. The number of hydrogen-bond donors (Lipinski definition) is 4. The van der Waals surface area contributed by atoms with Crippen LogP contribution in [0.25, 0.3) is 0 Å². The standard InChI is InChI=1S/C5H8N4O2/c6-4(10)8-3-1-2-7-5(11)9-3/h1-3H,(H3,6,8,10)(H2,7,9,11). The molecule has 1 atom stereocenters. The van der Waals surface area contributed by atoms with E-state index in [0.29, 0.717) is 0 Å². The molecule has 0 bridgehead atoms. The maximum atomic E-state index is 10.6. The summed E-state index contributed by atoms with van der Waals surface area (Å²) in [6, 6.07) is -1.05. The van der Waals surface area contributed by atoms with Gasteiger partial charge in [-0.1, -0.05) is 0 Å². The average molecular weight is 156 g/mol. The van der Waals surface area contributed by atoms with E-state index in [1.807, 2.05) is 0 Å². The van der Waals surface area contributed by atoms with Gasteiger partial charge in [-0.05, 0) is 6.08 Å². The van der Waals surface area contributed by atoms with Crippen LogP contribution in [0.15, 0.2) is 12.3 Å². The summed E-state index contributed by atoms with van der Waals surface area (Å²) < 4.78 is 0. The van der Waals surface area contributed by atoms with Crippen LogP contribution in [0, 0.1) is 0 Å². The molecule has 0 fully saturated rings. The number of nitrogens with one attached hydrogen (secondary N) is 3. The van der Waals surface area contributed by atoms with Gasteiger partial charge in [0.15, 0.2) is 0 Å². The summed E-state index contributed by atoms with van der Waals surface area (Å²) in [5.74, 6) is 0. The van der Waals surface area contributed by atoms with E-state index in [0.717, 1.165) is 0 Å². The molecule has 1 heterocycles. The Hall–Kier alpha value is -1.72. The number of rotatable bonds is 1. The van der Waals surface area contributed by atoms with Gasteiger partial charge >= 0.3 is 12.1 Å². The molecular formula is C5H8N4O2. The predicted octanol–water partition coefficient (Wildman–Crippen LogP) is -1.19. The highest BCUT2D eigenvalue weighted by molar-refractivity contribution is 5.78. The minimum Gasteiger partial charge on any atom is -0.352 e. The van der Waals surface area contributed by atoms with Crippen LogP contribution in [0.1, 0.15) is 0 Å². The fourth-order valence-corrected chi connectivity index (χ4v) is 0.688. The zero-order chi connectivity index (χ0) is 8.27. The van der Waals surface area contributed by atoms with Crippen molar-refractivity contribution < 1.29 is 9.59 Å². The van der Waals surface area contributed by atoms with E-state index in [2.05, 4.69) is 16.0 Å². The van der Waals surface area contributed by atoms with Crippen molar-refractivity contribution in [1.29, 1.82) is 0 Å². The molecule has 0 aliphatic carbocycles. The molecular weight excluding hydrogens is 148 g/mol. The lowest BCUT2D eigenvalue weighted by atomic mass is 10.4. The third-order valence-electron chi connectivity index (χ3n) is 1.09. The van der Waals surface area contributed by atoms with Crippen molar-refractivity contribution in [1.82, 2.24) is 16.0 Å². The van der Waals surface area contributed by atoms with Gasteiger partial charge in [-0.3, -0.25) is 0 Å². The molecule has 4 amide bonds. The summed E-state index contributed by atoms with van der Waals surface area (Å²) in [5, 5.41) is 7.05. The maximum absolute atomic E-state index is 10.6. The number of carbonyl (C=O) groups is 2. The number of hydrogen-bond acceptors (Lipinski definition) is 2. The van der Waals surface area contributed by atoms with E-state index in [-0.39, 0.29) is 6.03 Å². The molecule has 1 aliphatic heterocycles. The van der Waals surface area contributed by atoms with Crippen molar-refractivity contribution in [2.45, 2.75) is 6.17 Å². The molecule has 0 aromatic rings. The highest BCUT2D eigenvalue weighted by Gasteiger charge is 2.12. The topological polar surface area (TPSA) is 96.2 Å². The van der Waals surface area contributed by atoms with Crippen LogP contribution >= 0.6 is 0 Å². The first kappa shape index (κ1) is 7.39. The first-order valence-corrected chi connectivity index (χ1v) is 2.98. The highest BCUT2D eigenvalue weighted by Crippen LogP contribution is 1.86. The normalized spacial score (nSPS) is 21.8. The van der Waals surface area contributed by atoms with Crippen LogP contribution in [-0.2, 0) is 0 Å². The Morgan fingerprint density at radius 1 is 1.73 bits per heavy atom. The van der Waals surface area contributed by atoms with E-state index >= 15 is 0 Å². The Morgan fingerprint density at radius 2 is 2.45 bits per heavy atom. The molecule has 1 unspecified atom stereocenters. The second-order valence-corrected chi connectivity index (χ2v) is 1.96. The Balaban J connectivity index is 2.46. The number of urea groups is 2. The molecule has 0 aromatic heterocycles. The molecule has 0 saturated carbocycles. The SMILES string of the molecule is NC(=O)NC1C=CNC(=O)N1. The third kappa shape index (κ3) is 2.17. The number of carbonyl (C=O) groups excluding carboxylic acids is 2. The molecule has 0 saturated heterocycles. The fourth-order valence-electron chi connectivity index (χ4n) is 0.688. The lowest BCUT2D eigenvalue weighted by Crippen LogP contribution is -2.53. The van der Waals surface area contributed by atoms with Gasteiger partial charge in [0, 0.05) is 6.20 Å². The molecule has 0 radical (unpaired) electrons. The monoisotopic (exact) mass is 156 g/mol. The highest BCUT2D eigenvalue weighted by atomic mass is 16.2. The largest absolute Gasteiger partial charge is 0.352 e. The van der Waals surface area contributed by atoms with Crippen LogP contribution < -0.4 is 21.7 Å². The van der Waals surface area contributed by atoms with Gasteiger partial charge in [-0.2, -0.15) is 0 Å². The molecule has 6 nitrogen and oxygen atoms in total. The predicted molar refractivity (Wildman–Crippen MR) is 37.3 cm³/mol. The molecule has 1 rings (SSSR count). The van der Waals surface area contributed by atoms with Crippen LogP contribution in [0.5, 0.6) is 0 Å². The quantitative estimate of drug-likeness (QED) is 0.384. The van der Waals surface area contributed by atoms with Crippen molar-refractivity contribution in [3.63, 3.8) is 0 Å². The summed E-state index contributed by atoms with van der Waals surface area (Å²) in [4.78, 5) is 20.9. The summed E-state index contributed by atoms with van der Waals surface area (Å²) in [5.41, 5.74) is 4.81. The number of nitrogens with two attached hydrogens (primary N) is 1. The van der Waals surface area contributed by atoms with Gasteiger partial charge in [0.05, 0.1) is 0 Å². The van der Waals surface area contributed by atoms with Gasteiger partial charge in [0.2, 0.25) is 0 Å². The molecule has 0 aromatic carbocycles. The zero-order valence-corrected chi connectivity index (χ0v) is 5.63. The Kier molecular flexibility index (Phi) is 1.95. The Labute approximate surface area is 62.8 Å². The second kappa shape index (κ2) is 2.91. The zero-order valence-electron chi connectivity index (χ0n) is 5.63. The summed E-state index contributed by atoms with van der Waals surface area (Å²) in [7, 11) is 0. The molecule has 5 N–H and O–H groups in total. The summed E-state index contributed by atoms with van der Waals surface area (Å²) >= 11 is 0. The maximum Gasteiger partial charge on any atom is 0.320 e. The molecule has 60 valence electrons. The molecule has 0 spiro atoms. The number of primary amides is 1. The third-order valence-corrected chi connectivity index (χ3v) is 1.09. The van der Waals surface area contributed by atoms with Crippen molar-refractivity contribution in [3.8, 4) is 0 Å². The van der Waals surface area contributed by atoms with E-state index in [1.165, 1.54) is 6.20 Å². The van der Waals surface area contributed by atoms with E-state index in [9.17, 15) is 9.59 Å². The van der Waals surface area contributed by atoms with Gasteiger partial charge < -0.3 is 21.7 Å². The van der Waals surface area contributed by atoms with Gasteiger partial charge in [-0.15, -0.1) is 0 Å². The Bertz CT molecular complexity index is 213. The van der Waals surface area contributed by atoms with Crippen LogP contribution in [-0.4, -0.2) is 18.2 Å². The minimum absolute atomic E-state index is 0.369. The van der Waals surface area contributed by atoms with Crippen molar-refractivity contribution in [2.24, 2.45) is 5.73 Å². The van der Waals surface area contributed by atoms with Crippen molar-refractivity contribution in [3.05, 3.63) is 12.3 Å². The van der Waals surface area contributed by atoms with Gasteiger partial charge in [-0.25, -0.2) is 9.59 Å². The van der Waals surface area contributed by atoms with E-state index < -0.39 is 12.2 Å². The lowest BCUT2D eigenvalue weighted by molar-refractivity contribution is 0.234. The van der Waals surface area contributed by atoms with Gasteiger partial charge in [0.1, 0.15) is 6.17 Å². The first-order chi connectivity index (χ1) is 5.18. The molecule has 6 heteroatoms. The van der Waals surface area contributed by atoms with Crippen LogP contribution in [0.3, 0.4) is 0 Å².